The van der Waals surface area contributed by atoms with Crippen LogP contribution in [0.4, 0.5) is 0 Å². The van der Waals surface area contributed by atoms with Crippen molar-refractivity contribution in [2.45, 2.75) is 39.8 Å². The van der Waals surface area contributed by atoms with Crippen LogP contribution in [0, 0.1) is 0 Å². The molecule has 0 aliphatic carbocycles. The molecule has 3 heterocycles. The summed E-state index contributed by atoms with van der Waals surface area (Å²) < 4.78 is 3.25. The van der Waals surface area contributed by atoms with Crippen molar-refractivity contribution in [3.63, 3.8) is 0 Å². The molecule has 0 radical (unpaired) electrons. The predicted octanol–water partition coefficient (Wildman–Crippen LogP) is 2.00. The quantitative estimate of drug-likeness (QED) is 0.603. The van der Waals surface area contributed by atoms with Gasteiger partial charge in [-0.15, -0.1) is 0 Å². The fraction of sp³-hybridized carbons (Fsp3) is 0.440. The van der Waals surface area contributed by atoms with Gasteiger partial charge in [0.25, 0.3) is 11.5 Å². The molecule has 9 heteroatoms. The fourth-order valence-electron chi connectivity index (χ4n) is 4.18. The maximum absolute atomic E-state index is 13.6. The van der Waals surface area contributed by atoms with Gasteiger partial charge < -0.3 is 14.8 Å². The zero-order valence-corrected chi connectivity index (χ0v) is 20.2. The lowest BCUT2D eigenvalue weighted by molar-refractivity contribution is -0.123. The molecule has 1 N–H and O–H groups in total. The smallest absolute Gasteiger partial charge is 0.282 e. The van der Waals surface area contributed by atoms with Crippen LogP contribution in [0.3, 0.4) is 0 Å². The highest BCUT2D eigenvalue weighted by Crippen LogP contribution is 2.25. The number of nitrogens with zero attached hydrogens (tertiary/aromatic N) is 5. The molecule has 1 aromatic rings. The molecular formula is C25H32N6O3. The number of pyridine rings is 1. The highest BCUT2D eigenvalue weighted by Gasteiger charge is 2.29. The third-order valence-corrected chi connectivity index (χ3v) is 5.99. The molecule has 1 aromatic carbocycles. The summed E-state index contributed by atoms with van der Waals surface area (Å²) in [7, 11) is 0. The van der Waals surface area contributed by atoms with Gasteiger partial charge in [0.1, 0.15) is 5.69 Å². The van der Waals surface area contributed by atoms with E-state index in [0.717, 1.165) is 0 Å². The van der Waals surface area contributed by atoms with Gasteiger partial charge in [0.05, 0.1) is 23.4 Å². The standard InChI is InChI=1S/C25H32N6O3/c1-17(2)26-22(32)16-28-10-12-29(13-11-28)24(33)20-14-30(18(3)4)15-21-23(20)27-31(25(21)34)19-8-6-5-7-9-19/h5-9,14-15,17-18H,10-13,16H2,1-4H3,(H,26,32). The maximum atomic E-state index is 13.6. The number of hydrogen-bond acceptors (Lipinski definition) is 5. The van der Waals surface area contributed by atoms with Crippen LogP contribution in [0.2, 0.25) is 0 Å². The van der Waals surface area contributed by atoms with Crippen LogP contribution in [0.25, 0.3) is 16.9 Å². The zero-order chi connectivity index (χ0) is 24.4. The van der Waals surface area contributed by atoms with Gasteiger partial charge in [-0.2, -0.15) is 9.78 Å². The normalized spacial score (nSPS) is 14.8. The van der Waals surface area contributed by atoms with E-state index in [0.29, 0.717) is 55.2 Å². The summed E-state index contributed by atoms with van der Waals surface area (Å²) in [6.07, 6.45) is 3.57. The number of carbonyl (C=O) groups excluding carboxylic acids is 2. The van der Waals surface area contributed by atoms with E-state index in [9.17, 15) is 14.4 Å². The second-order valence-electron chi connectivity index (χ2n) is 9.32. The number of piperazine rings is 1. The van der Waals surface area contributed by atoms with Crippen LogP contribution in [0.15, 0.2) is 47.5 Å². The molecule has 1 fully saturated rings. The Morgan fingerprint density at radius 1 is 1.00 bits per heavy atom. The molecular weight excluding hydrogens is 432 g/mol. The van der Waals surface area contributed by atoms with Crippen molar-refractivity contribution in [3.05, 3.63) is 58.6 Å². The van der Waals surface area contributed by atoms with E-state index < -0.39 is 0 Å². The van der Waals surface area contributed by atoms with Crippen LogP contribution in [-0.2, 0) is 4.79 Å². The van der Waals surface area contributed by atoms with E-state index in [1.165, 1.54) is 4.68 Å². The second-order valence-corrected chi connectivity index (χ2v) is 9.32. The molecule has 1 saturated heterocycles. The molecule has 4 rings (SSSR count). The molecule has 180 valence electrons. The molecule has 0 bridgehead atoms. The van der Waals surface area contributed by atoms with Crippen molar-refractivity contribution >= 4 is 11.8 Å². The molecule has 0 atom stereocenters. The average Bonchev–Trinajstić information content (AvgIpc) is 3.15. The molecule has 0 aromatic heterocycles. The van der Waals surface area contributed by atoms with Crippen molar-refractivity contribution in [1.29, 1.82) is 0 Å². The Morgan fingerprint density at radius 2 is 1.68 bits per heavy atom. The number of carbonyl (C=O) groups is 2. The summed E-state index contributed by atoms with van der Waals surface area (Å²) in [5, 5.41) is 7.46. The summed E-state index contributed by atoms with van der Waals surface area (Å²) in [5.74, 6) is -0.157. The minimum absolute atomic E-state index is 0.00746. The summed E-state index contributed by atoms with van der Waals surface area (Å²) in [5.41, 5.74) is 1.67. The lowest BCUT2D eigenvalue weighted by atomic mass is 10.1. The summed E-state index contributed by atoms with van der Waals surface area (Å²) in [6, 6.07) is 9.40. The molecule has 2 amide bonds. The van der Waals surface area contributed by atoms with Gasteiger partial charge >= 0.3 is 0 Å². The molecule has 9 nitrogen and oxygen atoms in total. The van der Waals surface area contributed by atoms with Crippen molar-refractivity contribution in [2.75, 3.05) is 32.7 Å². The van der Waals surface area contributed by atoms with E-state index in [-0.39, 0.29) is 29.5 Å². The first-order valence-electron chi connectivity index (χ1n) is 11.8. The number of fused-ring (bicyclic) bond motifs is 1. The van der Waals surface area contributed by atoms with Crippen LogP contribution in [0.1, 0.15) is 44.1 Å². The Balaban J connectivity index is 1.60. The second kappa shape index (κ2) is 9.80. The van der Waals surface area contributed by atoms with Gasteiger partial charge in [-0.05, 0) is 39.8 Å². The van der Waals surface area contributed by atoms with E-state index in [1.54, 1.807) is 17.3 Å². The first-order valence-corrected chi connectivity index (χ1v) is 11.8. The number of para-hydroxylation sites is 1. The summed E-state index contributed by atoms with van der Waals surface area (Å²) in [4.78, 5) is 42.7. The topological polar surface area (TPSA) is 92.5 Å². The van der Waals surface area contributed by atoms with Crippen molar-refractivity contribution < 1.29 is 9.59 Å². The van der Waals surface area contributed by atoms with Crippen molar-refractivity contribution in [3.8, 4) is 16.9 Å². The van der Waals surface area contributed by atoms with Gasteiger partial charge in [-0.1, -0.05) is 18.2 Å². The highest BCUT2D eigenvalue weighted by atomic mass is 16.2. The first-order chi connectivity index (χ1) is 16.2. The number of nitrogens with one attached hydrogen (secondary N) is 1. The lowest BCUT2D eigenvalue weighted by Gasteiger charge is -2.34. The first kappa shape index (κ1) is 23.7. The van der Waals surface area contributed by atoms with E-state index in [4.69, 9.17) is 0 Å². The van der Waals surface area contributed by atoms with Crippen LogP contribution in [0.5, 0.6) is 0 Å². The fourth-order valence-corrected chi connectivity index (χ4v) is 4.18. The lowest BCUT2D eigenvalue weighted by Crippen LogP contribution is -2.51. The zero-order valence-electron chi connectivity index (χ0n) is 20.2. The van der Waals surface area contributed by atoms with Gasteiger partial charge in [0, 0.05) is 50.7 Å². The third-order valence-electron chi connectivity index (χ3n) is 5.99. The molecule has 0 unspecified atom stereocenters. The Kier molecular flexibility index (Phi) is 6.83. The monoisotopic (exact) mass is 464 g/mol. The number of hydrogen-bond donors (Lipinski definition) is 1. The van der Waals surface area contributed by atoms with Crippen LogP contribution in [-0.4, -0.2) is 74.7 Å². The average molecular weight is 465 g/mol. The van der Waals surface area contributed by atoms with E-state index in [2.05, 4.69) is 15.3 Å². The summed E-state index contributed by atoms with van der Waals surface area (Å²) >= 11 is 0. The third kappa shape index (κ3) is 4.89. The van der Waals surface area contributed by atoms with Crippen molar-refractivity contribution in [2.24, 2.45) is 0 Å². The molecule has 0 spiro atoms. The van der Waals surface area contributed by atoms with E-state index >= 15 is 0 Å². The van der Waals surface area contributed by atoms with Gasteiger partial charge in [-0.25, -0.2) is 0 Å². The molecule has 3 aliphatic rings. The number of amides is 2. The molecule has 3 aliphatic heterocycles. The number of benzene rings is 1. The maximum Gasteiger partial charge on any atom is 0.282 e. The SMILES string of the molecule is CC(C)NC(=O)CN1CCN(C(=O)c2cn(C(C)C)cc3c(=O)n(-c4ccccc4)nc2-3)CC1. The largest absolute Gasteiger partial charge is 0.353 e. The van der Waals surface area contributed by atoms with E-state index in [1.807, 2.05) is 62.6 Å². The molecule has 34 heavy (non-hydrogen) atoms. The number of aromatic nitrogens is 3. The van der Waals surface area contributed by atoms with Gasteiger partial charge in [0.15, 0.2) is 0 Å². The Labute approximate surface area is 199 Å². The Hall–Kier alpha value is -3.46. The summed E-state index contributed by atoms with van der Waals surface area (Å²) in [6.45, 7) is 10.5. The predicted molar refractivity (Wildman–Crippen MR) is 130 cm³/mol. The minimum Gasteiger partial charge on any atom is -0.353 e. The van der Waals surface area contributed by atoms with Gasteiger partial charge in [0.2, 0.25) is 5.91 Å². The van der Waals surface area contributed by atoms with Crippen LogP contribution < -0.4 is 10.9 Å². The number of rotatable bonds is 6. The van der Waals surface area contributed by atoms with Crippen LogP contribution >= 0.6 is 0 Å². The van der Waals surface area contributed by atoms with Gasteiger partial charge in [-0.3, -0.25) is 19.3 Å². The molecule has 0 saturated carbocycles. The van der Waals surface area contributed by atoms with Crippen molar-refractivity contribution in [1.82, 2.24) is 29.5 Å². The highest BCUT2D eigenvalue weighted by molar-refractivity contribution is 6.00. The Bertz CT molecular complexity index is 1190. The minimum atomic E-state index is -0.244. The Morgan fingerprint density at radius 3 is 2.29 bits per heavy atom.